The lowest BCUT2D eigenvalue weighted by molar-refractivity contribution is 0.0694. The van der Waals surface area contributed by atoms with E-state index in [1.165, 1.54) is 12.3 Å². The number of thiazole rings is 1. The van der Waals surface area contributed by atoms with Gasteiger partial charge in [0.2, 0.25) is 0 Å². The topological polar surface area (TPSA) is 95.3 Å². The van der Waals surface area contributed by atoms with E-state index in [9.17, 15) is 9.59 Å². The Labute approximate surface area is 99.9 Å². The number of carbonyl (C=O) groups is 1. The van der Waals surface area contributed by atoms with Gasteiger partial charge in [0.15, 0.2) is 0 Å². The van der Waals surface area contributed by atoms with Crippen molar-refractivity contribution < 1.29 is 14.3 Å². The van der Waals surface area contributed by atoms with Crippen LogP contribution in [-0.2, 0) is 13.1 Å². The smallest absolute Gasteiger partial charge is 0.339 e. The van der Waals surface area contributed by atoms with E-state index in [1.807, 2.05) is 0 Å². The number of carboxylic acid groups (broad SMARTS) is 1. The maximum atomic E-state index is 10.9. The molecule has 0 aromatic carbocycles. The van der Waals surface area contributed by atoms with E-state index in [1.54, 1.807) is 5.38 Å². The number of hydrogen-bond donors (Lipinski definition) is 3. The first-order valence-electron chi connectivity index (χ1n) is 4.84. The molecule has 3 N–H and O–H groups in total. The molecule has 0 spiro atoms. The second-order valence-corrected chi connectivity index (χ2v) is 4.18. The Hall–Kier alpha value is -1.86. The lowest BCUT2D eigenvalue weighted by Gasteiger charge is -2.01. The van der Waals surface area contributed by atoms with E-state index in [2.05, 4.69) is 10.3 Å². The molecule has 17 heavy (non-hydrogen) atoms. The Morgan fingerprint density at radius 1 is 1.53 bits per heavy atom. The maximum Gasteiger partial charge on any atom is 0.339 e. The molecule has 0 radical (unpaired) electrons. The van der Waals surface area contributed by atoms with Gasteiger partial charge in [0.05, 0.1) is 12.8 Å². The summed E-state index contributed by atoms with van der Waals surface area (Å²) in [6.07, 6.45) is 1.34. The Balaban J connectivity index is 1.92. The number of aromatic nitrogens is 1. The monoisotopic (exact) mass is 254 g/mol. The summed E-state index contributed by atoms with van der Waals surface area (Å²) < 4.78 is 5.06. The normalized spacial score (nSPS) is 10.6. The van der Waals surface area contributed by atoms with Crippen molar-refractivity contribution in [3.63, 3.8) is 0 Å². The van der Waals surface area contributed by atoms with Crippen LogP contribution in [0.1, 0.15) is 21.8 Å². The van der Waals surface area contributed by atoms with Crippen molar-refractivity contribution in [2.45, 2.75) is 13.1 Å². The van der Waals surface area contributed by atoms with Gasteiger partial charge in [-0.1, -0.05) is 11.3 Å². The Bertz CT molecular complexity index is 569. The summed E-state index contributed by atoms with van der Waals surface area (Å²) in [4.78, 5) is 24.2. The molecule has 7 heteroatoms. The van der Waals surface area contributed by atoms with Crippen molar-refractivity contribution in [3.05, 3.63) is 44.4 Å². The SMILES string of the molecule is O=C(O)c1ccoc1CNCc1csc(=O)[nH]1. The molecule has 0 fully saturated rings. The fraction of sp³-hybridized carbons (Fsp3) is 0.200. The van der Waals surface area contributed by atoms with Crippen molar-refractivity contribution >= 4 is 17.3 Å². The summed E-state index contributed by atoms with van der Waals surface area (Å²) in [5.74, 6) is -0.644. The molecule has 0 saturated heterocycles. The predicted octanol–water partition coefficient (Wildman–Crippen LogP) is 1.02. The molecular formula is C10H10N2O4S. The summed E-state index contributed by atoms with van der Waals surface area (Å²) in [7, 11) is 0. The molecule has 0 bridgehead atoms. The number of aromatic amines is 1. The van der Waals surface area contributed by atoms with Crippen molar-refractivity contribution in [1.29, 1.82) is 0 Å². The Kier molecular flexibility index (Phi) is 3.40. The van der Waals surface area contributed by atoms with Gasteiger partial charge < -0.3 is 19.8 Å². The van der Waals surface area contributed by atoms with Crippen LogP contribution in [0.4, 0.5) is 0 Å². The maximum absolute atomic E-state index is 10.9. The highest BCUT2D eigenvalue weighted by molar-refractivity contribution is 7.07. The summed E-state index contributed by atoms with van der Waals surface area (Å²) in [5, 5.41) is 13.6. The molecule has 90 valence electrons. The predicted molar refractivity (Wildman–Crippen MR) is 61.2 cm³/mol. The van der Waals surface area contributed by atoms with Gasteiger partial charge in [-0.25, -0.2) is 4.79 Å². The summed E-state index contributed by atoms with van der Waals surface area (Å²) in [6, 6.07) is 1.41. The Morgan fingerprint density at radius 3 is 3.00 bits per heavy atom. The minimum Gasteiger partial charge on any atom is -0.478 e. The highest BCUT2D eigenvalue weighted by Gasteiger charge is 2.12. The molecule has 6 nitrogen and oxygen atoms in total. The molecule has 0 atom stereocenters. The van der Waals surface area contributed by atoms with Crippen LogP contribution in [0.25, 0.3) is 0 Å². The first kappa shape index (κ1) is 11.6. The lowest BCUT2D eigenvalue weighted by Crippen LogP contribution is -2.15. The standard InChI is InChI=1S/C10H10N2O4S/c13-9(14)7-1-2-16-8(7)4-11-3-6-5-17-10(15)12-6/h1-2,5,11H,3-4H2,(H,12,15)(H,13,14). The average Bonchev–Trinajstić information content (AvgIpc) is 2.87. The number of nitrogens with one attached hydrogen (secondary N) is 2. The van der Waals surface area contributed by atoms with Gasteiger partial charge in [0.25, 0.3) is 0 Å². The van der Waals surface area contributed by atoms with Crippen LogP contribution in [0.2, 0.25) is 0 Å². The van der Waals surface area contributed by atoms with Gasteiger partial charge >= 0.3 is 10.8 Å². The molecule has 2 aromatic rings. The zero-order valence-electron chi connectivity index (χ0n) is 8.73. The van der Waals surface area contributed by atoms with Crippen molar-refractivity contribution in [3.8, 4) is 0 Å². The zero-order chi connectivity index (χ0) is 12.3. The van der Waals surface area contributed by atoms with E-state index in [0.717, 1.165) is 17.0 Å². The van der Waals surface area contributed by atoms with Gasteiger partial charge in [-0.2, -0.15) is 0 Å². The van der Waals surface area contributed by atoms with Crippen molar-refractivity contribution in [2.24, 2.45) is 0 Å². The fourth-order valence-corrected chi connectivity index (χ4v) is 1.96. The van der Waals surface area contributed by atoms with Crippen molar-refractivity contribution in [2.75, 3.05) is 0 Å². The lowest BCUT2D eigenvalue weighted by atomic mass is 10.2. The molecule has 0 saturated carbocycles. The fourth-order valence-electron chi connectivity index (χ4n) is 1.38. The third-order valence-electron chi connectivity index (χ3n) is 2.15. The molecule has 0 aliphatic rings. The van der Waals surface area contributed by atoms with Crippen LogP contribution >= 0.6 is 11.3 Å². The van der Waals surface area contributed by atoms with Crippen LogP contribution in [0, 0.1) is 0 Å². The molecule has 2 rings (SSSR count). The second kappa shape index (κ2) is 4.98. The Morgan fingerprint density at radius 2 is 2.35 bits per heavy atom. The van der Waals surface area contributed by atoms with Gasteiger partial charge in [0.1, 0.15) is 11.3 Å². The van der Waals surface area contributed by atoms with E-state index >= 15 is 0 Å². The van der Waals surface area contributed by atoms with E-state index in [-0.39, 0.29) is 10.4 Å². The van der Waals surface area contributed by atoms with Crippen LogP contribution in [0.5, 0.6) is 0 Å². The highest BCUT2D eigenvalue weighted by Crippen LogP contribution is 2.10. The average molecular weight is 254 g/mol. The van der Waals surface area contributed by atoms with E-state index in [4.69, 9.17) is 9.52 Å². The molecular weight excluding hydrogens is 244 g/mol. The zero-order valence-corrected chi connectivity index (χ0v) is 9.54. The number of aromatic carboxylic acids is 1. The van der Waals surface area contributed by atoms with Crippen LogP contribution in [-0.4, -0.2) is 16.1 Å². The number of H-pyrrole nitrogens is 1. The van der Waals surface area contributed by atoms with Gasteiger partial charge in [-0.05, 0) is 6.07 Å². The van der Waals surface area contributed by atoms with Gasteiger partial charge in [-0.15, -0.1) is 0 Å². The minimum absolute atomic E-state index is 0.106. The quantitative estimate of drug-likeness (QED) is 0.740. The minimum atomic E-state index is -1.01. The number of furan rings is 1. The van der Waals surface area contributed by atoms with Crippen LogP contribution in [0.3, 0.4) is 0 Å². The van der Waals surface area contributed by atoms with Crippen LogP contribution < -0.4 is 10.2 Å². The van der Waals surface area contributed by atoms with Crippen LogP contribution in [0.15, 0.2) is 26.9 Å². The molecule has 0 aliphatic carbocycles. The van der Waals surface area contributed by atoms with Gasteiger partial charge in [-0.3, -0.25) is 4.79 Å². The molecule has 0 aliphatic heterocycles. The number of rotatable bonds is 5. The summed E-state index contributed by atoms with van der Waals surface area (Å²) >= 11 is 1.09. The summed E-state index contributed by atoms with van der Waals surface area (Å²) in [5.41, 5.74) is 0.916. The molecule has 2 heterocycles. The third-order valence-corrected chi connectivity index (χ3v) is 2.87. The second-order valence-electron chi connectivity index (χ2n) is 3.34. The summed E-state index contributed by atoms with van der Waals surface area (Å²) in [6.45, 7) is 0.755. The largest absolute Gasteiger partial charge is 0.478 e. The number of carboxylic acids is 1. The highest BCUT2D eigenvalue weighted by atomic mass is 32.1. The molecule has 0 unspecified atom stereocenters. The number of hydrogen-bond acceptors (Lipinski definition) is 5. The van der Waals surface area contributed by atoms with Crippen molar-refractivity contribution in [1.82, 2.24) is 10.3 Å². The molecule has 0 amide bonds. The van der Waals surface area contributed by atoms with E-state index in [0.29, 0.717) is 18.8 Å². The third kappa shape index (κ3) is 2.83. The van der Waals surface area contributed by atoms with Gasteiger partial charge in [0, 0.05) is 17.6 Å². The van der Waals surface area contributed by atoms with E-state index < -0.39 is 5.97 Å². The first-order chi connectivity index (χ1) is 8.16. The molecule has 2 aromatic heterocycles. The first-order valence-corrected chi connectivity index (χ1v) is 5.72.